The molecule has 0 radical (unpaired) electrons. The Hall–Kier alpha value is -3.01. The highest BCUT2D eigenvalue weighted by Crippen LogP contribution is 2.30. The highest BCUT2D eigenvalue weighted by molar-refractivity contribution is 7.20. The number of carbonyl (C=O) groups excluding carboxylic acids is 1. The van der Waals surface area contributed by atoms with Crippen molar-refractivity contribution in [3.8, 4) is 0 Å². The van der Waals surface area contributed by atoms with Gasteiger partial charge in [-0.1, -0.05) is 6.07 Å². The molecule has 9 heteroatoms. The number of benzene rings is 1. The van der Waals surface area contributed by atoms with Crippen molar-refractivity contribution >= 4 is 49.9 Å². The molecular weight excluding hydrogens is 424 g/mol. The Labute approximate surface area is 190 Å². The van der Waals surface area contributed by atoms with Crippen molar-refractivity contribution in [2.24, 2.45) is 0 Å². The summed E-state index contributed by atoms with van der Waals surface area (Å²) in [6.07, 6.45) is 5.36. The summed E-state index contributed by atoms with van der Waals surface area (Å²) in [6.45, 7) is 3.64. The number of hydrogen-bond donors (Lipinski definition) is 3. The van der Waals surface area contributed by atoms with Gasteiger partial charge in [0.1, 0.15) is 17.0 Å². The Bertz CT molecular complexity index is 1230. The van der Waals surface area contributed by atoms with E-state index in [4.69, 9.17) is 4.74 Å². The molecule has 0 saturated carbocycles. The number of anilines is 2. The van der Waals surface area contributed by atoms with E-state index in [2.05, 4.69) is 36.6 Å². The lowest BCUT2D eigenvalue weighted by molar-refractivity contribution is 0.0896. The van der Waals surface area contributed by atoms with E-state index in [9.17, 15) is 4.79 Å². The summed E-state index contributed by atoms with van der Waals surface area (Å²) in [4.78, 5) is 28.8. The maximum atomic E-state index is 12.9. The molecule has 1 aliphatic heterocycles. The average molecular weight is 451 g/mol. The van der Waals surface area contributed by atoms with Crippen LogP contribution in [0.5, 0.6) is 0 Å². The van der Waals surface area contributed by atoms with Gasteiger partial charge in [0.25, 0.3) is 5.91 Å². The van der Waals surface area contributed by atoms with E-state index in [-0.39, 0.29) is 11.9 Å². The lowest BCUT2D eigenvalue weighted by Gasteiger charge is -2.32. The summed E-state index contributed by atoms with van der Waals surface area (Å²) in [5, 5.41) is 8.58. The Kier molecular flexibility index (Phi) is 6.02. The summed E-state index contributed by atoms with van der Waals surface area (Å²) >= 11 is 1.40. The topological polar surface area (TPSA) is 95.2 Å². The number of thiophene rings is 1. The number of hydrogen-bond acceptors (Lipinski definition) is 7. The standard InChI is InChI=1S/C23H26N6O2S/c1-31-11-10-29-8-5-16(6-9-29)28-22(30)20-13-18-21(25-14-26-23(18)32-20)27-17-3-2-15-4-7-24-19(15)12-17/h2-4,7,12-14,16,24H,5-6,8-11H2,1H3,(H,28,30)(H,25,26,27). The lowest BCUT2D eigenvalue weighted by Crippen LogP contribution is -2.45. The molecule has 0 spiro atoms. The first kappa shape index (κ1) is 20.9. The number of nitrogens with one attached hydrogen (secondary N) is 3. The van der Waals surface area contributed by atoms with Gasteiger partial charge in [-0.3, -0.25) is 4.79 Å². The van der Waals surface area contributed by atoms with Gasteiger partial charge in [-0.15, -0.1) is 11.3 Å². The first-order valence-corrected chi connectivity index (χ1v) is 11.6. The van der Waals surface area contributed by atoms with Crippen molar-refractivity contribution < 1.29 is 9.53 Å². The Morgan fingerprint density at radius 1 is 1.25 bits per heavy atom. The summed E-state index contributed by atoms with van der Waals surface area (Å²) in [5.41, 5.74) is 1.98. The van der Waals surface area contributed by atoms with Crippen molar-refractivity contribution in [2.45, 2.75) is 18.9 Å². The van der Waals surface area contributed by atoms with Gasteiger partial charge in [-0.25, -0.2) is 9.97 Å². The van der Waals surface area contributed by atoms with Gasteiger partial charge in [-0.2, -0.15) is 0 Å². The van der Waals surface area contributed by atoms with E-state index < -0.39 is 0 Å². The molecule has 0 atom stereocenters. The van der Waals surface area contributed by atoms with Crippen LogP contribution in [0, 0.1) is 0 Å². The van der Waals surface area contributed by atoms with Gasteiger partial charge in [0.05, 0.1) is 16.9 Å². The minimum Gasteiger partial charge on any atom is -0.383 e. The molecule has 8 nitrogen and oxygen atoms in total. The minimum absolute atomic E-state index is 0.0397. The molecule has 0 bridgehead atoms. The number of likely N-dealkylation sites (tertiary alicyclic amines) is 1. The van der Waals surface area contributed by atoms with Crippen molar-refractivity contribution in [1.82, 2.24) is 25.2 Å². The lowest BCUT2D eigenvalue weighted by atomic mass is 10.1. The number of carbonyl (C=O) groups is 1. The zero-order valence-corrected chi connectivity index (χ0v) is 18.7. The monoisotopic (exact) mass is 450 g/mol. The zero-order chi connectivity index (χ0) is 21.9. The third kappa shape index (κ3) is 4.45. The van der Waals surface area contributed by atoms with Crippen LogP contribution in [0.3, 0.4) is 0 Å². The van der Waals surface area contributed by atoms with E-state index in [1.54, 1.807) is 7.11 Å². The number of nitrogens with zero attached hydrogens (tertiary/aromatic N) is 3. The number of rotatable bonds is 7. The van der Waals surface area contributed by atoms with Crippen LogP contribution >= 0.6 is 11.3 Å². The number of fused-ring (bicyclic) bond motifs is 2. The van der Waals surface area contributed by atoms with Crippen molar-refractivity contribution in [3.05, 3.63) is 47.7 Å². The van der Waals surface area contributed by atoms with Crippen LogP contribution in [-0.4, -0.2) is 65.2 Å². The van der Waals surface area contributed by atoms with Crippen molar-refractivity contribution in [1.29, 1.82) is 0 Å². The maximum Gasteiger partial charge on any atom is 0.261 e. The summed E-state index contributed by atoms with van der Waals surface area (Å²) < 4.78 is 5.16. The predicted octanol–water partition coefficient (Wildman–Crippen LogP) is 3.76. The number of aromatic nitrogens is 3. The second-order valence-corrected chi connectivity index (χ2v) is 9.07. The van der Waals surface area contributed by atoms with Gasteiger partial charge in [-0.05, 0) is 42.5 Å². The van der Waals surface area contributed by atoms with Gasteiger partial charge in [0, 0.05) is 50.2 Å². The van der Waals surface area contributed by atoms with Crippen LogP contribution in [0.1, 0.15) is 22.5 Å². The molecule has 1 amide bonds. The minimum atomic E-state index is -0.0397. The summed E-state index contributed by atoms with van der Waals surface area (Å²) in [5.74, 6) is 0.657. The van der Waals surface area contributed by atoms with Crippen LogP contribution in [0.4, 0.5) is 11.5 Å². The molecule has 1 fully saturated rings. The molecular formula is C23H26N6O2S. The van der Waals surface area contributed by atoms with Crippen molar-refractivity contribution in [3.63, 3.8) is 0 Å². The van der Waals surface area contributed by atoms with Crippen molar-refractivity contribution in [2.75, 3.05) is 38.7 Å². The van der Waals surface area contributed by atoms with E-state index in [1.165, 1.54) is 17.7 Å². The Balaban J connectivity index is 1.28. The first-order chi connectivity index (χ1) is 15.7. The largest absolute Gasteiger partial charge is 0.383 e. The number of methoxy groups -OCH3 is 1. The molecule has 5 rings (SSSR count). The molecule has 1 aromatic carbocycles. The highest BCUT2D eigenvalue weighted by atomic mass is 32.1. The fraction of sp³-hybridized carbons (Fsp3) is 0.348. The van der Waals surface area contributed by atoms with Crippen LogP contribution < -0.4 is 10.6 Å². The molecule has 1 aliphatic rings. The zero-order valence-electron chi connectivity index (χ0n) is 17.9. The maximum absolute atomic E-state index is 12.9. The number of amides is 1. The van der Waals surface area contributed by atoms with E-state index in [1.807, 2.05) is 30.5 Å². The second kappa shape index (κ2) is 9.23. The smallest absolute Gasteiger partial charge is 0.261 e. The van der Waals surface area contributed by atoms with Gasteiger partial charge < -0.3 is 25.3 Å². The third-order valence-electron chi connectivity index (χ3n) is 5.91. The van der Waals surface area contributed by atoms with E-state index >= 15 is 0 Å². The SMILES string of the molecule is COCCN1CCC(NC(=O)c2cc3c(Nc4ccc5cc[nH]c5c4)ncnc3s2)CC1. The molecule has 0 aliphatic carbocycles. The number of H-pyrrole nitrogens is 1. The molecule has 32 heavy (non-hydrogen) atoms. The molecule has 3 aromatic heterocycles. The molecule has 4 aromatic rings. The Morgan fingerprint density at radius 2 is 2.12 bits per heavy atom. The molecule has 3 N–H and O–H groups in total. The van der Waals surface area contributed by atoms with Gasteiger partial charge in [0.2, 0.25) is 0 Å². The van der Waals surface area contributed by atoms with Crippen LogP contribution in [0.25, 0.3) is 21.1 Å². The average Bonchev–Trinajstić information content (AvgIpc) is 3.46. The normalized spacial score (nSPS) is 15.4. The van der Waals surface area contributed by atoms with E-state index in [0.717, 1.165) is 65.9 Å². The molecule has 0 unspecified atom stereocenters. The fourth-order valence-electron chi connectivity index (χ4n) is 4.11. The molecule has 1 saturated heterocycles. The summed E-state index contributed by atoms with van der Waals surface area (Å²) in [6, 6.07) is 10.2. The predicted molar refractivity (Wildman–Crippen MR) is 128 cm³/mol. The highest BCUT2D eigenvalue weighted by Gasteiger charge is 2.22. The number of piperidine rings is 1. The van der Waals surface area contributed by atoms with Crippen LogP contribution in [-0.2, 0) is 4.74 Å². The van der Waals surface area contributed by atoms with E-state index in [0.29, 0.717) is 10.7 Å². The van der Waals surface area contributed by atoms with Gasteiger partial charge in [0.15, 0.2) is 0 Å². The molecule has 4 heterocycles. The number of aromatic amines is 1. The Morgan fingerprint density at radius 3 is 2.97 bits per heavy atom. The fourth-order valence-corrected chi connectivity index (χ4v) is 5.01. The second-order valence-electron chi connectivity index (χ2n) is 8.04. The molecule has 166 valence electrons. The number of ether oxygens (including phenoxy) is 1. The third-order valence-corrected chi connectivity index (χ3v) is 6.95. The first-order valence-electron chi connectivity index (χ1n) is 10.8. The quantitative estimate of drug-likeness (QED) is 0.397. The van der Waals surface area contributed by atoms with Crippen LogP contribution in [0.15, 0.2) is 42.9 Å². The summed E-state index contributed by atoms with van der Waals surface area (Å²) in [7, 11) is 1.73. The van der Waals surface area contributed by atoms with Crippen LogP contribution in [0.2, 0.25) is 0 Å². The van der Waals surface area contributed by atoms with Gasteiger partial charge >= 0.3 is 0 Å².